The summed E-state index contributed by atoms with van der Waals surface area (Å²) >= 11 is 0. The van der Waals surface area contributed by atoms with Crippen molar-refractivity contribution in [3.63, 3.8) is 0 Å². The number of amides is 2. The van der Waals surface area contributed by atoms with Crippen LogP contribution < -0.4 is 10.6 Å². The summed E-state index contributed by atoms with van der Waals surface area (Å²) in [6.07, 6.45) is -6.29. The molecule has 3 N–H and O–H groups in total. The molecule has 0 aliphatic rings. The van der Waals surface area contributed by atoms with Crippen molar-refractivity contribution >= 4 is 11.8 Å². The predicted octanol–water partition coefficient (Wildman–Crippen LogP) is 0.439. The summed E-state index contributed by atoms with van der Waals surface area (Å²) in [4.78, 5) is 22.5. The van der Waals surface area contributed by atoms with Crippen LogP contribution in [0.25, 0.3) is 0 Å². The molecule has 0 aromatic carbocycles. The first-order chi connectivity index (χ1) is 9.30. The van der Waals surface area contributed by atoms with Gasteiger partial charge in [-0.05, 0) is 12.1 Å². The second kappa shape index (κ2) is 6.94. The molecule has 1 atom stereocenters. The lowest BCUT2D eigenvalue weighted by Crippen LogP contribution is -2.41. The van der Waals surface area contributed by atoms with Gasteiger partial charge in [-0.2, -0.15) is 13.2 Å². The van der Waals surface area contributed by atoms with Crippen molar-refractivity contribution in [3.8, 4) is 0 Å². The SMILES string of the molecule is O=C(CCNC(=O)c1ccco1)NCC(O)C(F)(F)F. The van der Waals surface area contributed by atoms with E-state index in [-0.39, 0.29) is 18.7 Å². The third-order valence-corrected chi connectivity index (χ3v) is 2.25. The Morgan fingerprint density at radius 3 is 2.60 bits per heavy atom. The molecule has 112 valence electrons. The first-order valence-corrected chi connectivity index (χ1v) is 5.64. The first kappa shape index (κ1) is 16.0. The van der Waals surface area contributed by atoms with Crippen LogP contribution in [-0.2, 0) is 4.79 Å². The minimum absolute atomic E-state index is 0.0620. The van der Waals surface area contributed by atoms with E-state index in [1.807, 2.05) is 5.32 Å². The maximum atomic E-state index is 11.9. The molecule has 6 nitrogen and oxygen atoms in total. The van der Waals surface area contributed by atoms with Crippen LogP contribution in [0.15, 0.2) is 22.8 Å². The second-order valence-electron chi connectivity index (χ2n) is 3.84. The number of hydrogen-bond acceptors (Lipinski definition) is 4. The standard InChI is InChI=1S/C11H13F3N2O4/c12-11(13,14)8(17)6-16-9(18)3-4-15-10(19)7-2-1-5-20-7/h1-2,5,8,17H,3-4,6H2,(H,15,19)(H,16,18). The zero-order chi connectivity index (χ0) is 15.2. The quantitative estimate of drug-likeness (QED) is 0.710. The summed E-state index contributed by atoms with van der Waals surface area (Å²) < 4.78 is 40.6. The average molecular weight is 294 g/mol. The van der Waals surface area contributed by atoms with E-state index in [4.69, 9.17) is 9.52 Å². The molecule has 1 aromatic heterocycles. The van der Waals surface area contributed by atoms with E-state index in [9.17, 15) is 22.8 Å². The van der Waals surface area contributed by atoms with E-state index >= 15 is 0 Å². The maximum Gasteiger partial charge on any atom is 0.416 e. The van der Waals surface area contributed by atoms with Crippen LogP contribution >= 0.6 is 0 Å². The summed E-state index contributed by atoms with van der Waals surface area (Å²) in [6.45, 7) is -0.984. The number of carbonyl (C=O) groups is 2. The smallest absolute Gasteiger partial charge is 0.416 e. The first-order valence-electron chi connectivity index (χ1n) is 5.64. The van der Waals surface area contributed by atoms with E-state index in [1.165, 1.54) is 18.4 Å². The maximum absolute atomic E-state index is 11.9. The van der Waals surface area contributed by atoms with Crippen molar-refractivity contribution in [2.45, 2.75) is 18.7 Å². The molecule has 0 saturated heterocycles. The Balaban J connectivity index is 2.19. The van der Waals surface area contributed by atoms with Crippen LogP contribution in [0.2, 0.25) is 0 Å². The zero-order valence-electron chi connectivity index (χ0n) is 10.2. The van der Waals surface area contributed by atoms with Gasteiger partial charge in [0, 0.05) is 13.0 Å². The summed E-state index contributed by atoms with van der Waals surface area (Å²) in [6, 6.07) is 2.94. The lowest BCUT2D eigenvalue weighted by Gasteiger charge is -2.14. The molecular weight excluding hydrogens is 281 g/mol. The van der Waals surface area contributed by atoms with Gasteiger partial charge in [0.1, 0.15) is 0 Å². The van der Waals surface area contributed by atoms with E-state index in [1.54, 1.807) is 0 Å². The molecule has 0 radical (unpaired) electrons. The summed E-state index contributed by atoms with van der Waals surface area (Å²) in [5, 5.41) is 12.9. The molecule has 0 fully saturated rings. The number of halogens is 3. The Morgan fingerprint density at radius 2 is 2.05 bits per heavy atom. The van der Waals surface area contributed by atoms with E-state index in [0.717, 1.165) is 0 Å². The lowest BCUT2D eigenvalue weighted by molar-refractivity contribution is -0.201. The molecule has 0 spiro atoms. The highest BCUT2D eigenvalue weighted by Gasteiger charge is 2.38. The Labute approximate surface area is 111 Å². The largest absolute Gasteiger partial charge is 0.459 e. The highest BCUT2D eigenvalue weighted by molar-refractivity contribution is 5.91. The van der Waals surface area contributed by atoms with E-state index in [0.29, 0.717) is 0 Å². The van der Waals surface area contributed by atoms with E-state index < -0.39 is 30.6 Å². The monoisotopic (exact) mass is 294 g/mol. The molecule has 1 unspecified atom stereocenters. The minimum atomic E-state index is -4.78. The molecule has 0 aliphatic carbocycles. The van der Waals surface area contributed by atoms with Gasteiger partial charge in [0.25, 0.3) is 5.91 Å². The van der Waals surface area contributed by atoms with Gasteiger partial charge in [-0.3, -0.25) is 9.59 Å². The fourth-order valence-corrected chi connectivity index (χ4v) is 1.20. The van der Waals surface area contributed by atoms with Crippen LogP contribution in [0.1, 0.15) is 17.0 Å². The Morgan fingerprint density at radius 1 is 1.35 bits per heavy atom. The van der Waals surface area contributed by atoms with Gasteiger partial charge in [0.15, 0.2) is 11.9 Å². The fourth-order valence-electron chi connectivity index (χ4n) is 1.20. The van der Waals surface area contributed by atoms with Crippen LogP contribution in [0.3, 0.4) is 0 Å². The highest BCUT2D eigenvalue weighted by Crippen LogP contribution is 2.19. The van der Waals surface area contributed by atoms with Crippen molar-refractivity contribution < 1.29 is 32.3 Å². The molecule has 2 amide bonds. The second-order valence-corrected chi connectivity index (χ2v) is 3.84. The Bertz CT molecular complexity index is 445. The minimum Gasteiger partial charge on any atom is -0.459 e. The topological polar surface area (TPSA) is 91.6 Å². The molecule has 0 bridgehead atoms. The molecule has 1 heterocycles. The van der Waals surface area contributed by atoms with Crippen molar-refractivity contribution in [1.29, 1.82) is 0 Å². The number of carbonyl (C=O) groups excluding carboxylic acids is 2. The van der Waals surface area contributed by atoms with Gasteiger partial charge in [-0.25, -0.2) is 0 Å². The van der Waals surface area contributed by atoms with Gasteiger partial charge >= 0.3 is 6.18 Å². The van der Waals surface area contributed by atoms with Crippen LogP contribution in [0.4, 0.5) is 13.2 Å². The number of furan rings is 1. The summed E-state index contributed by atoms with van der Waals surface area (Å²) in [5.41, 5.74) is 0. The predicted molar refractivity (Wildman–Crippen MR) is 60.7 cm³/mol. The van der Waals surface area contributed by atoms with Gasteiger partial charge in [-0.1, -0.05) is 0 Å². The van der Waals surface area contributed by atoms with Gasteiger partial charge in [0.2, 0.25) is 5.91 Å². The van der Waals surface area contributed by atoms with Crippen molar-refractivity contribution in [1.82, 2.24) is 10.6 Å². The van der Waals surface area contributed by atoms with Crippen LogP contribution in [0, 0.1) is 0 Å². The molecule has 0 aliphatic heterocycles. The van der Waals surface area contributed by atoms with Gasteiger partial charge in [-0.15, -0.1) is 0 Å². The molecule has 1 aromatic rings. The van der Waals surface area contributed by atoms with Crippen molar-refractivity contribution in [2.75, 3.05) is 13.1 Å². The van der Waals surface area contributed by atoms with Crippen molar-refractivity contribution in [2.24, 2.45) is 0 Å². The normalized spacial score (nSPS) is 12.8. The Hall–Kier alpha value is -2.03. The van der Waals surface area contributed by atoms with Crippen LogP contribution in [0.5, 0.6) is 0 Å². The molecular formula is C11H13F3N2O4. The van der Waals surface area contributed by atoms with Gasteiger partial charge in [0.05, 0.1) is 12.8 Å². The summed E-state index contributed by atoms with van der Waals surface area (Å²) in [5.74, 6) is -1.18. The molecule has 0 saturated carbocycles. The number of aliphatic hydroxyl groups excluding tert-OH is 1. The molecule has 9 heteroatoms. The number of hydrogen-bond donors (Lipinski definition) is 3. The number of aliphatic hydroxyl groups is 1. The van der Waals surface area contributed by atoms with Crippen LogP contribution in [-0.4, -0.2) is 42.3 Å². The van der Waals surface area contributed by atoms with Gasteiger partial charge < -0.3 is 20.2 Å². The molecule has 20 heavy (non-hydrogen) atoms. The number of nitrogens with one attached hydrogen (secondary N) is 2. The average Bonchev–Trinajstić information content (AvgIpc) is 2.88. The fraction of sp³-hybridized carbons (Fsp3) is 0.455. The number of alkyl halides is 3. The highest BCUT2D eigenvalue weighted by atomic mass is 19.4. The zero-order valence-corrected chi connectivity index (χ0v) is 10.2. The third-order valence-electron chi connectivity index (χ3n) is 2.25. The van der Waals surface area contributed by atoms with E-state index in [2.05, 4.69) is 5.32 Å². The molecule has 1 rings (SSSR count). The van der Waals surface area contributed by atoms with Crippen molar-refractivity contribution in [3.05, 3.63) is 24.2 Å². The third kappa shape index (κ3) is 5.31. The Kier molecular flexibility index (Phi) is 5.56. The number of rotatable bonds is 6. The lowest BCUT2D eigenvalue weighted by atomic mass is 10.3. The summed E-state index contributed by atoms with van der Waals surface area (Å²) in [7, 11) is 0.